The van der Waals surface area contributed by atoms with E-state index in [2.05, 4.69) is 25.6 Å². The highest BCUT2D eigenvalue weighted by Gasteiger charge is 2.23. The number of fused-ring (bicyclic) bond motifs is 1. The molecule has 2 N–H and O–H groups in total. The molecule has 0 saturated carbocycles. The molecule has 3 heterocycles. The number of carbonyl (C=O) groups is 3. The van der Waals surface area contributed by atoms with Crippen molar-refractivity contribution in [2.45, 2.75) is 19.4 Å². The molecule has 4 aromatic rings. The minimum absolute atomic E-state index is 0.150. The van der Waals surface area contributed by atoms with Crippen LogP contribution in [0.3, 0.4) is 0 Å². The van der Waals surface area contributed by atoms with Gasteiger partial charge >= 0.3 is 0 Å². The van der Waals surface area contributed by atoms with E-state index in [1.807, 2.05) is 0 Å². The van der Waals surface area contributed by atoms with Crippen LogP contribution in [0.15, 0.2) is 61.4 Å². The molecule has 34 heavy (non-hydrogen) atoms. The molecule has 9 nitrogen and oxygen atoms in total. The number of carbonyl (C=O) groups excluding carboxylic acids is 3. The molecule has 0 aliphatic carbocycles. The first-order valence-corrected chi connectivity index (χ1v) is 10.8. The van der Waals surface area contributed by atoms with E-state index < -0.39 is 6.04 Å². The van der Waals surface area contributed by atoms with Gasteiger partial charge in [-0.05, 0) is 30.7 Å². The van der Waals surface area contributed by atoms with Gasteiger partial charge in [0.1, 0.15) is 18.0 Å². The second kappa shape index (κ2) is 9.80. The number of hydrogen-bond acceptors (Lipinski definition) is 6. The maximum atomic E-state index is 13.4. The molecule has 0 fully saturated rings. The Kier molecular flexibility index (Phi) is 6.65. The van der Waals surface area contributed by atoms with Gasteiger partial charge in [0, 0.05) is 41.6 Å². The first kappa shape index (κ1) is 23.1. The zero-order valence-corrected chi connectivity index (χ0v) is 19.2. The number of halogens is 1. The third-order valence-corrected chi connectivity index (χ3v) is 5.60. The first-order valence-electron chi connectivity index (χ1n) is 10.4. The van der Waals surface area contributed by atoms with E-state index in [0.29, 0.717) is 27.3 Å². The van der Waals surface area contributed by atoms with E-state index in [-0.39, 0.29) is 29.6 Å². The van der Waals surface area contributed by atoms with Crippen LogP contribution in [0.4, 0.5) is 5.69 Å². The number of rotatable bonds is 7. The lowest BCUT2D eigenvalue weighted by Crippen LogP contribution is -2.27. The summed E-state index contributed by atoms with van der Waals surface area (Å²) in [5.74, 6) is -0.802. The smallest absolute Gasteiger partial charge is 0.242 e. The highest BCUT2D eigenvalue weighted by Crippen LogP contribution is 2.25. The van der Waals surface area contributed by atoms with Gasteiger partial charge in [-0.3, -0.25) is 19.4 Å². The third-order valence-electron chi connectivity index (χ3n) is 5.34. The summed E-state index contributed by atoms with van der Waals surface area (Å²) in [7, 11) is 1.55. The van der Waals surface area contributed by atoms with Gasteiger partial charge in [-0.15, -0.1) is 0 Å². The Morgan fingerprint density at radius 2 is 1.85 bits per heavy atom. The van der Waals surface area contributed by atoms with Crippen molar-refractivity contribution in [3.8, 4) is 0 Å². The van der Waals surface area contributed by atoms with Crippen molar-refractivity contribution in [2.24, 2.45) is 0 Å². The second-order valence-corrected chi connectivity index (χ2v) is 8.08. The Hall–Kier alpha value is -4.11. The number of benzene rings is 1. The maximum absolute atomic E-state index is 13.4. The minimum Gasteiger partial charge on any atom is -0.357 e. The highest BCUT2D eigenvalue weighted by molar-refractivity contribution is 6.30. The van der Waals surface area contributed by atoms with Crippen molar-refractivity contribution >= 4 is 45.9 Å². The molecule has 10 heteroatoms. The van der Waals surface area contributed by atoms with Gasteiger partial charge in [-0.1, -0.05) is 23.7 Å². The van der Waals surface area contributed by atoms with Crippen molar-refractivity contribution in [2.75, 3.05) is 12.4 Å². The van der Waals surface area contributed by atoms with Crippen LogP contribution in [-0.2, 0) is 16.0 Å². The molecule has 0 bridgehead atoms. The lowest BCUT2D eigenvalue weighted by Gasteiger charge is -2.12. The number of nitrogens with zero attached hydrogens (tertiary/aromatic N) is 4. The Morgan fingerprint density at radius 1 is 1.09 bits per heavy atom. The summed E-state index contributed by atoms with van der Waals surface area (Å²) in [4.78, 5) is 50.4. The second-order valence-electron chi connectivity index (χ2n) is 7.64. The predicted molar refractivity (Wildman–Crippen MR) is 128 cm³/mol. The number of amides is 2. The lowest BCUT2D eigenvalue weighted by molar-refractivity contribution is -0.123. The molecule has 4 rings (SSSR count). The zero-order chi connectivity index (χ0) is 24.2. The molecule has 0 spiro atoms. The van der Waals surface area contributed by atoms with Gasteiger partial charge in [0.25, 0.3) is 0 Å². The Bertz CT molecular complexity index is 1380. The monoisotopic (exact) mass is 476 g/mol. The number of ketones is 1. The van der Waals surface area contributed by atoms with Crippen LogP contribution < -0.4 is 10.6 Å². The Balaban J connectivity index is 1.59. The van der Waals surface area contributed by atoms with Gasteiger partial charge < -0.3 is 15.2 Å². The summed E-state index contributed by atoms with van der Waals surface area (Å²) in [6.07, 6.45) is 7.53. The van der Waals surface area contributed by atoms with E-state index in [1.54, 1.807) is 55.1 Å². The van der Waals surface area contributed by atoms with Crippen LogP contribution in [0.1, 0.15) is 34.5 Å². The van der Waals surface area contributed by atoms with Gasteiger partial charge in [-0.25, -0.2) is 9.97 Å². The van der Waals surface area contributed by atoms with Gasteiger partial charge in [0.05, 0.1) is 23.9 Å². The summed E-state index contributed by atoms with van der Waals surface area (Å²) in [6, 6.07) is 7.96. The molecule has 1 atom stereocenters. The lowest BCUT2D eigenvalue weighted by atomic mass is 10.1. The number of aromatic nitrogens is 4. The molecule has 0 aliphatic rings. The number of pyridine rings is 1. The largest absolute Gasteiger partial charge is 0.357 e. The first-order chi connectivity index (χ1) is 16.4. The van der Waals surface area contributed by atoms with E-state index >= 15 is 0 Å². The van der Waals surface area contributed by atoms with Crippen LogP contribution in [0, 0.1) is 0 Å². The molecular formula is C24H21ClN6O3. The molecule has 1 aromatic carbocycles. The molecule has 1 unspecified atom stereocenters. The normalized spacial score (nSPS) is 11.7. The fraction of sp³-hybridized carbons (Fsp3) is 0.167. The molecule has 0 radical (unpaired) electrons. The van der Waals surface area contributed by atoms with Gasteiger partial charge in [0.2, 0.25) is 11.8 Å². The highest BCUT2D eigenvalue weighted by atomic mass is 35.5. The van der Waals surface area contributed by atoms with E-state index in [9.17, 15) is 14.4 Å². The minimum atomic E-state index is -0.583. The van der Waals surface area contributed by atoms with Crippen LogP contribution in [0.5, 0.6) is 0 Å². The van der Waals surface area contributed by atoms with Crippen LogP contribution in [0.2, 0.25) is 5.02 Å². The van der Waals surface area contributed by atoms with Crippen LogP contribution >= 0.6 is 11.6 Å². The summed E-state index contributed by atoms with van der Waals surface area (Å²) in [5, 5.41) is 6.47. The zero-order valence-electron chi connectivity index (χ0n) is 18.4. The fourth-order valence-corrected chi connectivity index (χ4v) is 3.71. The Morgan fingerprint density at radius 3 is 2.59 bits per heavy atom. The SMILES string of the molecule is CNC(=O)C(C)n1cc(C(=O)c2cncc(NC(=O)Cc3ccc(Cl)cc3)c2)c2cncnc21. The Labute approximate surface area is 200 Å². The molecule has 3 aromatic heterocycles. The fourth-order valence-electron chi connectivity index (χ4n) is 3.58. The quantitative estimate of drug-likeness (QED) is 0.395. The molecule has 2 amide bonds. The standard InChI is InChI=1S/C24H21ClN6O3/c1-14(24(34)26-2)31-12-20(19-11-28-13-29-23(19)31)22(33)16-8-18(10-27-9-16)30-21(32)7-15-3-5-17(25)6-4-15/h3-6,8-14H,7H2,1-2H3,(H,26,34)(H,30,32). The summed E-state index contributed by atoms with van der Waals surface area (Å²) < 4.78 is 1.63. The number of anilines is 1. The van der Waals surface area contributed by atoms with Crippen molar-refractivity contribution in [3.63, 3.8) is 0 Å². The summed E-state index contributed by atoms with van der Waals surface area (Å²) in [5.41, 5.74) is 2.27. The maximum Gasteiger partial charge on any atom is 0.242 e. The topological polar surface area (TPSA) is 119 Å². The van der Waals surface area contributed by atoms with Crippen molar-refractivity contribution < 1.29 is 14.4 Å². The average Bonchev–Trinajstić information content (AvgIpc) is 3.24. The van der Waals surface area contributed by atoms with Crippen LogP contribution in [0.25, 0.3) is 11.0 Å². The van der Waals surface area contributed by atoms with E-state index in [4.69, 9.17) is 11.6 Å². The molecular weight excluding hydrogens is 456 g/mol. The summed E-state index contributed by atoms with van der Waals surface area (Å²) in [6.45, 7) is 1.72. The third kappa shape index (κ3) is 4.79. The molecule has 0 saturated heterocycles. The molecule has 0 aliphatic heterocycles. The number of nitrogens with one attached hydrogen (secondary N) is 2. The molecule has 172 valence electrons. The number of hydrogen-bond donors (Lipinski definition) is 2. The van der Waals surface area contributed by atoms with Gasteiger partial charge in [-0.2, -0.15) is 0 Å². The predicted octanol–water partition coefficient (Wildman–Crippen LogP) is 3.20. The van der Waals surface area contributed by atoms with E-state index in [0.717, 1.165) is 5.56 Å². The average molecular weight is 477 g/mol. The van der Waals surface area contributed by atoms with Crippen molar-refractivity contribution in [3.05, 3.63) is 83.2 Å². The van der Waals surface area contributed by atoms with Crippen molar-refractivity contribution in [1.82, 2.24) is 24.8 Å². The summed E-state index contributed by atoms with van der Waals surface area (Å²) >= 11 is 5.88. The number of likely N-dealkylation sites (N-methyl/N-ethyl adjacent to an activating group) is 1. The van der Waals surface area contributed by atoms with Crippen LogP contribution in [-0.4, -0.2) is 44.2 Å². The van der Waals surface area contributed by atoms with Gasteiger partial charge in [0.15, 0.2) is 5.78 Å². The van der Waals surface area contributed by atoms with Crippen molar-refractivity contribution in [1.29, 1.82) is 0 Å². The van der Waals surface area contributed by atoms with E-state index in [1.165, 1.54) is 24.9 Å².